The Labute approximate surface area is 123 Å². The van der Waals surface area contributed by atoms with Crippen molar-refractivity contribution in [3.8, 4) is 0 Å². The highest BCUT2D eigenvalue weighted by atomic mass is 32.2. The van der Waals surface area contributed by atoms with Crippen molar-refractivity contribution in [1.29, 1.82) is 0 Å². The van der Waals surface area contributed by atoms with Gasteiger partial charge in [0.1, 0.15) is 5.82 Å². The molecule has 1 aromatic carbocycles. The minimum Gasteiger partial charge on any atom is -0.398 e. The number of nitrogen functional groups attached to an aromatic ring is 1. The van der Waals surface area contributed by atoms with Crippen molar-refractivity contribution in [2.75, 3.05) is 25.5 Å². The predicted molar refractivity (Wildman–Crippen MR) is 75.7 cm³/mol. The molecule has 0 aliphatic carbocycles. The minimum absolute atomic E-state index is 0.0696. The van der Waals surface area contributed by atoms with Crippen LogP contribution in [0.2, 0.25) is 0 Å². The Bertz CT molecular complexity index is 604. The van der Waals surface area contributed by atoms with E-state index >= 15 is 0 Å². The summed E-state index contributed by atoms with van der Waals surface area (Å²) >= 11 is 0. The summed E-state index contributed by atoms with van der Waals surface area (Å²) in [5, 5.41) is 10.2. The largest absolute Gasteiger partial charge is 0.398 e. The van der Waals surface area contributed by atoms with Crippen molar-refractivity contribution >= 4 is 15.7 Å². The Hall–Kier alpha value is -1.22. The third-order valence-electron chi connectivity index (χ3n) is 3.68. The van der Waals surface area contributed by atoms with Gasteiger partial charge in [-0.3, -0.25) is 0 Å². The number of anilines is 1. The summed E-state index contributed by atoms with van der Waals surface area (Å²) in [6.07, 6.45) is 0.694. The summed E-state index contributed by atoms with van der Waals surface area (Å²) in [7, 11) is -3.93. The van der Waals surface area contributed by atoms with Crippen molar-refractivity contribution in [2.24, 2.45) is 0 Å². The third kappa shape index (κ3) is 3.70. The summed E-state index contributed by atoms with van der Waals surface area (Å²) in [4.78, 5) is -0.251. The van der Waals surface area contributed by atoms with Gasteiger partial charge in [-0.2, -0.15) is 0 Å². The van der Waals surface area contributed by atoms with Gasteiger partial charge in [0.15, 0.2) is 0 Å². The van der Waals surface area contributed by atoms with Crippen LogP contribution >= 0.6 is 0 Å². The SMILES string of the molecule is Cc1c(N)cc(S(=O)(=O)NCC2(O)CCOCC2)cc1F. The monoisotopic (exact) mass is 318 g/mol. The van der Waals surface area contributed by atoms with Crippen molar-refractivity contribution < 1.29 is 22.7 Å². The molecule has 0 atom stereocenters. The fourth-order valence-corrected chi connectivity index (χ4v) is 3.24. The number of nitrogens with one attached hydrogen (secondary N) is 1. The molecule has 21 heavy (non-hydrogen) atoms. The number of ether oxygens (including phenoxy) is 1. The van der Waals surface area contributed by atoms with E-state index in [0.29, 0.717) is 26.1 Å². The Balaban J connectivity index is 2.15. The third-order valence-corrected chi connectivity index (χ3v) is 5.06. The van der Waals surface area contributed by atoms with Gasteiger partial charge in [-0.15, -0.1) is 0 Å². The van der Waals surface area contributed by atoms with Crippen LogP contribution in [-0.4, -0.2) is 38.9 Å². The van der Waals surface area contributed by atoms with Crippen molar-refractivity contribution in [2.45, 2.75) is 30.3 Å². The van der Waals surface area contributed by atoms with Gasteiger partial charge >= 0.3 is 0 Å². The van der Waals surface area contributed by atoms with E-state index in [2.05, 4.69) is 4.72 Å². The first-order chi connectivity index (χ1) is 9.73. The number of nitrogens with two attached hydrogens (primary N) is 1. The van der Waals surface area contributed by atoms with Gasteiger partial charge in [0, 0.05) is 43.9 Å². The van der Waals surface area contributed by atoms with Gasteiger partial charge < -0.3 is 15.6 Å². The molecule has 118 valence electrons. The van der Waals surface area contributed by atoms with Gasteiger partial charge in [0.05, 0.1) is 10.5 Å². The molecule has 0 radical (unpaired) electrons. The van der Waals surface area contributed by atoms with Crippen LogP contribution in [-0.2, 0) is 14.8 Å². The first kappa shape index (κ1) is 16.2. The number of halogens is 1. The second-order valence-electron chi connectivity index (χ2n) is 5.28. The van der Waals surface area contributed by atoms with Crippen LogP contribution < -0.4 is 10.5 Å². The normalized spacial score (nSPS) is 18.6. The van der Waals surface area contributed by atoms with Crippen LogP contribution in [0.3, 0.4) is 0 Å². The summed E-state index contributed by atoms with van der Waals surface area (Å²) in [5.74, 6) is -0.680. The number of hydrogen-bond donors (Lipinski definition) is 3. The van der Waals surface area contributed by atoms with Crippen molar-refractivity contribution in [1.82, 2.24) is 4.72 Å². The van der Waals surface area contributed by atoms with Gasteiger partial charge in [-0.05, 0) is 19.1 Å². The molecule has 0 unspecified atom stereocenters. The smallest absolute Gasteiger partial charge is 0.240 e. The minimum atomic E-state index is -3.93. The molecule has 0 spiro atoms. The summed E-state index contributed by atoms with van der Waals surface area (Å²) in [5.41, 5.74) is 4.72. The maximum Gasteiger partial charge on any atom is 0.240 e. The van der Waals surface area contributed by atoms with Crippen LogP contribution in [0.1, 0.15) is 18.4 Å². The van der Waals surface area contributed by atoms with Gasteiger partial charge in [-0.1, -0.05) is 0 Å². The molecule has 8 heteroatoms. The standard InChI is InChI=1S/C13H19FN2O4S/c1-9-11(14)6-10(7-12(9)15)21(18,19)16-8-13(17)2-4-20-5-3-13/h6-7,16-17H,2-5,8,15H2,1H3. The quantitative estimate of drug-likeness (QED) is 0.703. The maximum atomic E-state index is 13.6. The van der Waals surface area contributed by atoms with Gasteiger partial charge in [0.25, 0.3) is 0 Å². The lowest BCUT2D eigenvalue weighted by Gasteiger charge is -2.31. The first-order valence-electron chi connectivity index (χ1n) is 6.59. The Morgan fingerprint density at radius 1 is 1.43 bits per heavy atom. The van der Waals surface area contributed by atoms with E-state index in [1.54, 1.807) is 0 Å². The zero-order valence-corrected chi connectivity index (χ0v) is 12.5. The molecule has 2 rings (SSSR count). The molecule has 0 bridgehead atoms. The van der Waals surface area contributed by atoms with E-state index in [1.807, 2.05) is 0 Å². The molecule has 4 N–H and O–H groups in total. The molecule has 0 saturated carbocycles. The zero-order valence-electron chi connectivity index (χ0n) is 11.7. The zero-order chi connectivity index (χ0) is 15.7. The molecule has 0 aromatic heterocycles. The number of sulfonamides is 1. The van der Waals surface area contributed by atoms with E-state index in [1.165, 1.54) is 13.0 Å². The fraction of sp³-hybridized carbons (Fsp3) is 0.538. The molecule has 1 aliphatic heterocycles. The number of hydrogen-bond acceptors (Lipinski definition) is 5. The van der Waals surface area contributed by atoms with Crippen LogP contribution in [0.25, 0.3) is 0 Å². The fourth-order valence-electron chi connectivity index (χ4n) is 2.07. The highest BCUT2D eigenvalue weighted by Gasteiger charge is 2.31. The average molecular weight is 318 g/mol. The lowest BCUT2D eigenvalue weighted by atomic mass is 9.95. The van der Waals surface area contributed by atoms with Gasteiger partial charge in [-0.25, -0.2) is 17.5 Å². The Morgan fingerprint density at radius 3 is 2.62 bits per heavy atom. The topological polar surface area (TPSA) is 102 Å². The highest BCUT2D eigenvalue weighted by Crippen LogP contribution is 2.23. The lowest BCUT2D eigenvalue weighted by Crippen LogP contribution is -2.46. The molecule has 6 nitrogen and oxygen atoms in total. The number of benzene rings is 1. The van der Waals surface area contributed by atoms with Crippen molar-refractivity contribution in [3.05, 3.63) is 23.5 Å². The van der Waals surface area contributed by atoms with E-state index < -0.39 is 21.4 Å². The second kappa shape index (κ2) is 5.88. The summed E-state index contributed by atoms with van der Waals surface area (Å²) in [6.45, 7) is 2.09. The van der Waals surface area contributed by atoms with E-state index in [0.717, 1.165) is 6.07 Å². The Morgan fingerprint density at radius 2 is 2.05 bits per heavy atom. The van der Waals surface area contributed by atoms with Crippen LogP contribution in [0.15, 0.2) is 17.0 Å². The molecule has 1 aromatic rings. The van der Waals surface area contributed by atoms with Crippen LogP contribution in [0, 0.1) is 12.7 Å². The molecule has 1 fully saturated rings. The average Bonchev–Trinajstić information content (AvgIpc) is 2.43. The van der Waals surface area contributed by atoms with E-state index in [-0.39, 0.29) is 22.7 Å². The molecule has 0 amide bonds. The highest BCUT2D eigenvalue weighted by molar-refractivity contribution is 7.89. The predicted octanol–water partition coefficient (Wildman–Crippen LogP) is 0.536. The molecular formula is C13H19FN2O4S. The lowest BCUT2D eigenvalue weighted by molar-refractivity contribution is -0.0588. The van der Waals surface area contributed by atoms with Crippen LogP contribution in [0.5, 0.6) is 0 Å². The van der Waals surface area contributed by atoms with E-state index in [9.17, 15) is 17.9 Å². The molecular weight excluding hydrogens is 299 g/mol. The maximum absolute atomic E-state index is 13.6. The molecule has 1 saturated heterocycles. The number of rotatable bonds is 4. The number of aliphatic hydroxyl groups is 1. The first-order valence-corrected chi connectivity index (χ1v) is 8.07. The second-order valence-corrected chi connectivity index (χ2v) is 7.05. The van der Waals surface area contributed by atoms with Gasteiger partial charge in [0.2, 0.25) is 10.0 Å². The summed E-state index contributed by atoms with van der Waals surface area (Å²) in [6, 6.07) is 2.12. The van der Waals surface area contributed by atoms with Crippen LogP contribution in [0.4, 0.5) is 10.1 Å². The molecule has 1 aliphatic rings. The molecule has 1 heterocycles. The summed E-state index contributed by atoms with van der Waals surface area (Å²) < 4.78 is 45.3. The van der Waals surface area contributed by atoms with Crippen molar-refractivity contribution in [3.63, 3.8) is 0 Å². The Kier molecular flexibility index (Phi) is 4.52. The van der Waals surface area contributed by atoms with E-state index in [4.69, 9.17) is 10.5 Å².